The zero-order valence-electron chi connectivity index (χ0n) is 10.6. The molecule has 0 saturated heterocycles. The molecule has 0 aliphatic carbocycles. The van der Waals surface area contributed by atoms with Crippen LogP contribution in [0, 0.1) is 0 Å². The normalized spacial score (nSPS) is 12.4. The molecular weight excluding hydrogens is 318 g/mol. The van der Waals surface area contributed by atoms with Crippen molar-refractivity contribution >= 4 is 33.2 Å². The van der Waals surface area contributed by atoms with Crippen LogP contribution in [0.15, 0.2) is 15.2 Å². The first-order chi connectivity index (χ1) is 8.63. The van der Waals surface area contributed by atoms with Crippen LogP contribution < -0.4 is 5.32 Å². The van der Waals surface area contributed by atoms with E-state index in [-0.39, 0.29) is 5.91 Å². The van der Waals surface area contributed by atoms with Gasteiger partial charge in [-0.3, -0.25) is 4.79 Å². The van der Waals surface area contributed by atoms with Crippen LogP contribution in [0.2, 0.25) is 0 Å². The van der Waals surface area contributed by atoms with Gasteiger partial charge in [0.1, 0.15) is 6.10 Å². The lowest BCUT2D eigenvalue weighted by Gasteiger charge is -2.12. The van der Waals surface area contributed by atoms with E-state index in [1.165, 1.54) is 0 Å². The largest absolute Gasteiger partial charge is 0.379 e. The number of halogens is 1. The van der Waals surface area contributed by atoms with Gasteiger partial charge in [0.25, 0.3) is 0 Å². The van der Waals surface area contributed by atoms with Gasteiger partial charge in [0.05, 0.1) is 17.0 Å². The summed E-state index contributed by atoms with van der Waals surface area (Å²) in [4.78, 5) is 11.7. The van der Waals surface area contributed by atoms with E-state index < -0.39 is 6.10 Å². The average Bonchev–Trinajstić information content (AvgIpc) is 2.77. The third-order valence-corrected chi connectivity index (χ3v) is 3.81. The maximum atomic E-state index is 11.7. The molecule has 0 aromatic carbocycles. The second kappa shape index (κ2) is 8.63. The molecule has 4 nitrogen and oxygen atoms in total. The Morgan fingerprint density at radius 1 is 1.56 bits per heavy atom. The van der Waals surface area contributed by atoms with E-state index in [1.807, 2.05) is 18.4 Å². The minimum Gasteiger partial charge on any atom is -0.379 e. The molecule has 0 unspecified atom stereocenters. The number of thiophene rings is 1. The minimum atomic E-state index is -0.451. The Hall–Kier alpha value is -0.430. The molecule has 18 heavy (non-hydrogen) atoms. The first-order valence-corrected chi connectivity index (χ1v) is 7.50. The number of hydrogen-bond donors (Lipinski definition) is 1. The number of nitrogens with one attached hydrogen (secondary N) is 1. The maximum Gasteiger partial charge on any atom is 0.249 e. The van der Waals surface area contributed by atoms with Crippen LogP contribution in [0.4, 0.5) is 0 Å². The molecule has 0 saturated carbocycles. The van der Waals surface area contributed by atoms with Gasteiger partial charge in [-0.25, -0.2) is 0 Å². The van der Waals surface area contributed by atoms with Crippen LogP contribution in [-0.2, 0) is 20.8 Å². The van der Waals surface area contributed by atoms with Crippen molar-refractivity contribution in [3.05, 3.63) is 20.8 Å². The van der Waals surface area contributed by atoms with Gasteiger partial charge in [-0.2, -0.15) is 0 Å². The molecule has 0 aliphatic heterocycles. The van der Waals surface area contributed by atoms with E-state index in [1.54, 1.807) is 18.3 Å². The number of rotatable bonds is 8. The van der Waals surface area contributed by atoms with Gasteiger partial charge in [-0.1, -0.05) is 0 Å². The summed E-state index contributed by atoms with van der Waals surface area (Å²) in [6.07, 6.45) is -0.451. The fraction of sp³-hybridized carbons (Fsp3) is 0.583. The minimum absolute atomic E-state index is 0.103. The lowest BCUT2D eigenvalue weighted by atomic mass is 10.3. The Kier molecular flexibility index (Phi) is 7.50. The molecular formula is C12H18BrNO3S. The number of amides is 1. The van der Waals surface area contributed by atoms with Gasteiger partial charge in [0.15, 0.2) is 0 Å². The second-order valence-electron chi connectivity index (χ2n) is 3.69. The maximum absolute atomic E-state index is 11.7. The van der Waals surface area contributed by atoms with Crippen molar-refractivity contribution in [3.63, 3.8) is 0 Å². The molecule has 0 spiro atoms. The number of ether oxygens (including phenoxy) is 2. The van der Waals surface area contributed by atoms with E-state index in [9.17, 15) is 4.79 Å². The molecule has 1 aromatic rings. The summed E-state index contributed by atoms with van der Waals surface area (Å²) in [7, 11) is 0. The number of carbonyl (C=O) groups is 1. The summed E-state index contributed by atoms with van der Waals surface area (Å²) in [6, 6.07) is 1.99. The predicted molar refractivity (Wildman–Crippen MR) is 75.8 cm³/mol. The van der Waals surface area contributed by atoms with Gasteiger partial charge in [-0.05, 0) is 46.8 Å². The van der Waals surface area contributed by atoms with Crippen molar-refractivity contribution in [1.82, 2.24) is 5.32 Å². The van der Waals surface area contributed by atoms with Crippen LogP contribution in [0.1, 0.15) is 19.4 Å². The first kappa shape index (κ1) is 15.6. The summed E-state index contributed by atoms with van der Waals surface area (Å²) in [5.41, 5.74) is 1.08. The molecule has 1 N–H and O–H groups in total. The second-order valence-corrected chi connectivity index (χ2v) is 5.98. The molecule has 0 aliphatic rings. The monoisotopic (exact) mass is 335 g/mol. The molecule has 1 aromatic heterocycles. The fourth-order valence-corrected chi connectivity index (χ4v) is 2.48. The van der Waals surface area contributed by atoms with Crippen LogP contribution in [0.5, 0.6) is 0 Å². The predicted octanol–water partition coefficient (Wildman–Crippen LogP) is 2.57. The van der Waals surface area contributed by atoms with Crippen molar-refractivity contribution in [3.8, 4) is 0 Å². The SMILES string of the molecule is CCOCCO[C@H](C)C(=O)NCc1csc(Br)c1. The highest BCUT2D eigenvalue weighted by atomic mass is 79.9. The zero-order chi connectivity index (χ0) is 13.4. The smallest absolute Gasteiger partial charge is 0.249 e. The van der Waals surface area contributed by atoms with Gasteiger partial charge in [-0.15, -0.1) is 11.3 Å². The number of hydrogen-bond acceptors (Lipinski definition) is 4. The summed E-state index contributed by atoms with van der Waals surface area (Å²) in [5, 5.41) is 4.84. The lowest BCUT2D eigenvalue weighted by Crippen LogP contribution is -2.34. The van der Waals surface area contributed by atoms with Crippen molar-refractivity contribution in [2.45, 2.75) is 26.5 Å². The van der Waals surface area contributed by atoms with Crippen LogP contribution in [0.3, 0.4) is 0 Å². The molecule has 0 bridgehead atoms. The summed E-state index contributed by atoms with van der Waals surface area (Å²) in [6.45, 7) is 5.81. The highest BCUT2D eigenvalue weighted by Gasteiger charge is 2.12. The van der Waals surface area contributed by atoms with Crippen molar-refractivity contribution in [2.24, 2.45) is 0 Å². The summed E-state index contributed by atoms with van der Waals surface area (Å²) >= 11 is 4.99. The highest BCUT2D eigenvalue weighted by Crippen LogP contribution is 2.20. The first-order valence-electron chi connectivity index (χ1n) is 5.83. The Balaban J connectivity index is 2.19. The van der Waals surface area contributed by atoms with E-state index >= 15 is 0 Å². The molecule has 1 atom stereocenters. The average molecular weight is 336 g/mol. The van der Waals surface area contributed by atoms with Crippen LogP contribution >= 0.6 is 27.3 Å². The molecule has 6 heteroatoms. The van der Waals surface area contributed by atoms with Gasteiger partial charge >= 0.3 is 0 Å². The van der Waals surface area contributed by atoms with E-state index in [0.717, 1.165) is 9.35 Å². The molecule has 102 valence electrons. The third kappa shape index (κ3) is 5.95. The van der Waals surface area contributed by atoms with Gasteiger partial charge in [0, 0.05) is 13.2 Å². The van der Waals surface area contributed by atoms with E-state index in [0.29, 0.717) is 26.4 Å². The Morgan fingerprint density at radius 3 is 2.94 bits per heavy atom. The lowest BCUT2D eigenvalue weighted by molar-refractivity contribution is -0.132. The van der Waals surface area contributed by atoms with Gasteiger partial charge < -0.3 is 14.8 Å². The third-order valence-electron chi connectivity index (χ3n) is 2.26. The van der Waals surface area contributed by atoms with Crippen LogP contribution in [0.25, 0.3) is 0 Å². The Bertz CT molecular complexity index is 370. The summed E-state index contributed by atoms with van der Waals surface area (Å²) in [5.74, 6) is -0.103. The fourth-order valence-electron chi connectivity index (χ4n) is 1.28. The van der Waals surface area contributed by atoms with Crippen LogP contribution in [-0.4, -0.2) is 31.8 Å². The Labute approximate surface area is 120 Å². The Morgan fingerprint density at radius 2 is 2.33 bits per heavy atom. The van der Waals surface area contributed by atoms with Crippen molar-refractivity contribution < 1.29 is 14.3 Å². The van der Waals surface area contributed by atoms with Gasteiger partial charge in [0.2, 0.25) is 5.91 Å². The number of carbonyl (C=O) groups excluding carboxylic acids is 1. The summed E-state index contributed by atoms with van der Waals surface area (Å²) < 4.78 is 11.6. The molecule has 1 amide bonds. The van der Waals surface area contributed by atoms with Crippen molar-refractivity contribution in [1.29, 1.82) is 0 Å². The van der Waals surface area contributed by atoms with E-state index in [2.05, 4.69) is 21.2 Å². The molecule has 1 heterocycles. The standard InChI is InChI=1S/C12H18BrNO3S/c1-3-16-4-5-17-9(2)12(15)14-7-10-6-11(13)18-8-10/h6,8-9H,3-5,7H2,1-2H3,(H,14,15)/t9-/m1/s1. The quantitative estimate of drug-likeness (QED) is 0.743. The van der Waals surface area contributed by atoms with Crippen molar-refractivity contribution in [2.75, 3.05) is 19.8 Å². The molecule has 0 fully saturated rings. The molecule has 0 radical (unpaired) electrons. The molecule has 1 rings (SSSR count). The zero-order valence-corrected chi connectivity index (χ0v) is 13.0. The highest BCUT2D eigenvalue weighted by molar-refractivity contribution is 9.11. The topological polar surface area (TPSA) is 47.6 Å². The van der Waals surface area contributed by atoms with E-state index in [4.69, 9.17) is 9.47 Å².